The van der Waals surface area contributed by atoms with E-state index in [0.717, 1.165) is 19.0 Å². The summed E-state index contributed by atoms with van der Waals surface area (Å²) >= 11 is 0. The standard InChI is InChI=1S/C13H30N2/c1-7-13(8-2,11-15(5)6)10-14-9-12(3)4/h12,14H,7-11H2,1-6H3. The zero-order valence-electron chi connectivity index (χ0n) is 11.6. The first-order chi connectivity index (χ1) is 6.95. The van der Waals surface area contributed by atoms with Crippen molar-refractivity contribution in [2.24, 2.45) is 11.3 Å². The fourth-order valence-electron chi connectivity index (χ4n) is 2.08. The summed E-state index contributed by atoms with van der Waals surface area (Å²) in [4.78, 5) is 2.31. The predicted octanol–water partition coefficient (Wildman–Crippen LogP) is 2.60. The molecule has 2 nitrogen and oxygen atoms in total. The number of nitrogens with one attached hydrogen (secondary N) is 1. The van der Waals surface area contributed by atoms with Crippen molar-refractivity contribution >= 4 is 0 Å². The summed E-state index contributed by atoms with van der Waals surface area (Å²) in [5, 5.41) is 3.61. The molecule has 15 heavy (non-hydrogen) atoms. The minimum absolute atomic E-state index is 0.457. The van der Waals surface area contributed by atoms with Crippen LogP contribution in [0.1, 0.15) is 40.5 Å². The highest BCUT2D eigenvalue weighted by molar-refractivity contribution is 4.81. The number of hydrogen-bond acceptors (Lipinski definition) is 2. The van der Waals surface area contributed by atoms with Crippen molar-refractivity contribution in [3.63, 3.8) is 0 Å². The van der Waals surface area contributed by atoms with Crippen LogP contribution in [0.3, 0.4) is 0 Å². The molecule has 0 fully saturated rings. The Balaban J connectivity index is 4.11. The molecule has 0 radical (unpaired) electrons. The summed E-state index contributed by atoms with van der Waals surface area (Å²) < 4.78 is 0. The van der Waals surface area contributed by atoms with Gasteiger partial charge in [0, 0.05) is 13.1 Å². The fraction of sp³-hybridized carbons (Fsp3) is 1.00. The van der Waals surface area contributed by atoms with Crippen LogP contribution in [0.4, 0.5) is 0 Å². The summed E-state index contributed by atoms with van der Waals surface area (Å²) in [5.41, 5.74) is 0.457. The van der Waals surface area contributed by atoms with Crippen LogP contribution in [0.2, 0.25) is 0 Å². The molecule has 0 amide bonds. The van der Waals surface area contributed by atoms with Crippen molar-refractivity contribution < 1.29 is 0 Å². The van der Waals surface area contributed by atoms with E-state index in [9.17, 15) is 0 Å². The van der Waals surface area contributed by atoms with Gasteiger partial charge in [-0.3, -0.25) is 0 Å². The Morgan fingerprint density at radius 3 is 2.00 bits per heavy atom. The van der Waals surface area contributed by atoms with E-state index in [0.29, 0.717) is 5.41 Å². The Morgan fingerprint density at radius 1 is 1.13 bits per heavy atom. The summed E-state index contributed by atoms with van der Waals surface area (Å²) in [6, 6.07) is 0. The van der Waals surface area contributed by atoms with E-state index in [2.05, 4.69) is 52.0 Å². The summed E-state index contributed by atoms with van der Waals surface area (Å²) in [6.45, 7) is 12.6. The van der Waals surface area contributed by atoms with Crippen LogP contribution in [0, 0.1) is 11.3 Å². The van der Waals surface area contributed by atoms with Crippen LogP contribution in [0.5, 0.6) is 0 Å². The van der Waals surface area contributed by atoms with Crippen molar-refractivity contribution in [3.8, 4) is 0 Å². The molecule has 0 aliphatic rings. The highest BCUT2D eigenvalue weighted by Crippen LogP contribution is 2.26. The third-order valence-corrected chi connectivity index (χ3v) is 3.20. The van der Waals surface area contributed by atoms with Crippen LogP contribution in [-0.2, 0) is 0 Å². The third-order valence-electron chi connectivity index (χ3n) is 3.20. The lowest BCUT2D eigenvalue weighted by Gasteiger charge is -2.35. The van der Waals surface area contributed by atoms with Gasteiger partial charge >= 0.3 is 0 Å². The maximum atomic E-state index is 3.61. The van der Waals surface area contributed by atoms with Gasteiger partial charge in [0.2, 0.25) is 0 Å². The van der Waals surface area contributed by atoms with Gasteiger partial charge in [0.1, 0.15) is 0 Å². The minimum Gasteiger partial charge on any atom is -0.316 e. The SMILES string of the molecule is CCC(CC)(CNCC(C)C)CN(C)C. The van der Waals surface area contributed by atoms with Crippen LogP contribution in [-0.4, -0.2) is 38.6 Å². The van der Waals surface area contributed by atoms with Gasteiger partial charge in [-0.2, -0.15) is 0 Å². The second-order valence-electron chi connectivity index (χ2n) is 5.47. The van der Waals surface area contributed by atoms with E-state index in [1.807, 2.05) is 0 Å². The van der Waals surface area contributed by atoms with Gasteiger partial charge in [-0.25, -0.2) is 0 Å². The normalized spacial score (nSPS) is 12.8. The van der Waals surface area contributed by atoms with Crippen molar-refractivity contribution in [1.29, 1.82) is 0 Å². The quantitative estimate of drug-likeness (QED) is 0.668. The van der Waals surface area contributed by atoms with Crippen molar-refractivity contribution in [3.05, 3.63) is 0 Å². The highest BCUT2D eigenvalue weighted by atomic mass is 15.1. The zero-order chi connectivity index (χ0) is 11.9. The molecule has 0 aromatic rings. The highest BCUT2D eigenvalue weighted by Gasteiger charge is 2.26. The molecule has 0 aliphatic carbocycles. The molecule has 0 heterocycles. The van der Waals surface area contributed by atoms with Crippen LogP contribution >= 0.6 is 0 Å². The van der Waals surface area contributed by atoms with Gasteiger partial charge in [-0.15, -0.1) is 0 Å². The molecule has 0 rings (SSSR count). The van der Waals surface area contributed by atoms with E-state index in [-0.39, 0.29) is 0 Å². The van der Waals surface area contributed by atoms with Crippen LogP contribution < -0.4 is 5.32 Å². The Hall–Kier alpha value is -0.0800. The number of hydrogen-bond donors (Lipinski definition) is 1. The minimum atomic E-state index is 0.457. The first-order valence-electron chi connectivity index (χ1n) is 6.31. The molecule has 92 valence electrons. The molecule has 0 saturated heterocycles. The summed E-state index contributed by atoms with van der Waals surface area (Å²) in [5.74, 6) is 0.746. The van der Waals surface area contributed by atoms with E-state index >= 15 is 0 Å². The van der Waals surface area contributed by atoms with Crippen LogP contribution in [0.25, 0.3) is 0 Å². The molecule has 0 spiro atoms. The van der Waals surface area contributed by atoms with Crippen molar-refractivity contribution in [2.75, 3.05) is 33.7 Å². The monoisotopic (exact) mass is 214 g/mol. The predicted molar refractivity (Wildman–Crippen MR) is 69.3 cm³/mol. The first-order valence-corrected chi connectivity index (χ1v) is 6.31. The molecular formula is C13H30N2. The molecule has 0 atom stereocenters. The Kier molecular flexibility index (Phi) is 7.20. The van der Waals surface area contributed by atoms with Crippen molar-refractivity contribution in [2.45, 2.75) is 40.5 Å². The number of nitrogens with zero attached hydrogens (tertiary/aromatic N) is 1. The maximum absolute atomic E-state index is 3.61. The lowest BCUT2D eigenvalue weighted by molar-refractivity contribution is 0.173. The van der Waals surface area contributed by atoms with Gasteiger partial charge in [0.15, 0.2) is 0 Å². The first kappa shape index (κ1) is 14.9. The van der Waals surface area contributed by atoms with E-state index in [4.69, 9.17) is 0 Å². The molecule has 0 bridgehead atoms. The topological polar surface area (TPSA) is 15.3 Å². The second-order valence-corrected chi connectivity index (χ2v) is 5.47. The number of rotatable bonds is 8. The lowest BCUT2D eigenvalue weighted by Crippen LogP contribution is -2.42. The molecular weight excluding hydrogens is 184 g/mol. The Labute approximate surface area is 96.4 Å². The molecule has 0 aromatic heterocycles. The summed E-state index contributed by atoms with van der Waals surface area (Å²) in [6.07, 6.45) is 2.51. The molecule has 0 aromatic carbocycles. The molecule has 1 N–H and O–H groups in total. The largest absolute Gasteiger partial charge is 0.316 e. The molecule has 0 unspecified atom stereocenters. The van der Waals surface area contributed by atoms with E-state index in [1.165, 1.54) is 19.4 Å². The van der Waals surface area contributed by atoms with Gasteiger partial charge in [0.25, 0.3) is 0 Å². The van der Waals surface area contributed by atoms with Gasteiger partial charge in [-0.1, -0.05) is 27.7 Å². The van der Waals surface area contributed by atoms with Gasteiger partial charge < -0.3 is 10.2 Å². The van der Waals surface area contributed by atoms with E-state index in [1.54, 1.807) is 0 Å². The maximum Gasteiger partial charge on any atom is 0.00438 e. The summed E-state index contributed by atoms with van der Waals surface area (Å²) in [7, 11) is 4.34. The lowest BCUT2D eigenvalue weighted by atomic mass is 9.81. The average molecular weight is 214 g/mol. The fourth-order valence-corrected chi connectivity index (χ4v) is 2.08. The molecule has 0 saturated carbocycles. The smallest absolute Gasteiger partial charge is 0.00438 e. The van der Waals surface area contributed by atoms with E-state index < -0.39 is 0 Å². The van der Waals surface area contributed by atoms with Crippen LogP contribution in [0.15, 0.2) is 0 Å². The third kappa shape index (κ3) is 6.16. The Bertz CT molecular complexity index is 149. The molecule has 2 heteroatoms. The second kappa shape index (κ2) is 7.24. The van der Waals surface area contributed by atoms with Gasteiger partial charge in [-0.05, 0) is 44.8 Å². The van der Waals surface area contributed by atoms with Crippen molar-refractivity contribution in [1.82, 2.24) is 10.2 Å². The molecule has 0 aliphatic heterocycles. The Morgan fingerprint density at radius 2 is 1.67 bits per heavy atom. The van der Waals surface area contributed by atoms with Gasteiger partial charge in [0.05, 0.1) is 0 Å². The zero-order valence-corrected chi connectivity index (χ0v) is 11.6. The average Bonchev–Trinajstić information content (AvgIpc) is 2.15.